The molecule has 1 aromatic heterocycles. The number of carbonyl (C=O) groups excluding carboxylic acids is 1. The first-order valence-corrected chi connectivity index (χ1v) is 5.73. The molecule has 8 nitrogen and oxygen atoms in total. The first kappa shape index (κ1) is 14.3. The zero-order chi connectivity index (χ0) is 15.6. The van der Waals surface area contributed by atoms with Crippen molar-refractivity contribution in [2.24, 2.45) is 17.9 Å². The molecule has 21 heavy (non-hydrogen) atoms. The number of nitrogens with two attached hydrogens (primary N) is 1. The zero-order valence-corrected chi connectivity index (χ0v) is 10.9. The highest BCUT2D eigenvalue weighted by Crippen LogP contribution is 2.18. The quantitative estimate of drug-likeness (QED) is 0.285. The molecule has 1 heterocycles. The summed E-state index contributed by atoms with van der Waals surface area (Å²) in [6.45, 7) is 0. The lowest BCUT2D eigenvalue weighted by atomic mass is 10.2. The minimum atomic E-state index is -0.875. The third kappa shape index (κ3) is 2.76. The van der Waals surface area contributed by atoms with Crippen molar-refractivity contribution < 1.29 is 19.5 Å². The summed E-state index contributed by atoms with van der Waals surface area (Å²) in [5.41, 5.74) is 5.38. The first-order chi connectivity index (χ1) is 9.93. The van der Waals surface area contributed by atoms with Gasteiger partial charge >= 0.3 is 0 Å². The lowest BCUT2D eigenvalue weighted by Gasteiger charge is -2.08. The van der Waals surface area contributed by atoms with Gasteiger partial charge in [0.1, 0.15) is 17.4 Å². The molecule has 110 valence electrons. The van der Waals surface area contributed by atoms with Gasteiger partial charge in [0, 0.05) is 13.1 Å². The van der Waals surface area contributed by atoms with Gasteiger partial charge in [0.2, 0.25) is 0 Å². The number of aryl methyl sites for hydroxylation is 1. The van der Waals surface area contributed by atoms with E-state index in [4.69, 9.17) is 16.0 Å². The average molecular weight is 293 g/mol. The van der Waals surface area contributed by atoms with Crippen LogP contribution in [-0.4, -0.2) is 31.8 Å². The standard InChI is InChI=1S/C12H12FN5O3/c1-18-11(8(5-15-18)10(14)17-21)16-12(20)7-3-2-6(19)4-9(7)13/h2-5,19,21H,1H3,(H2,14,17)(H,16,20). The molecule has 9 heteroatoms. The number of hydrogen-bond donors (Lipinski definition) is 4. The lowest BCUT2D eigenvalue weighted by Crippen LogP contribution is -2.20. The Labute approximate surface area is 118 Å². The highest BCUT2D eigenvalue weighted by molar-refractivity contribution is 6.09. The Morgan fingerprint density at radius 3 is 2.81 bits per heavy atom. The predicted octanol–water partition coefficient (Wildman–Crippen LogP) is 0.612. The van der Waals surface area contributed by atoms with E-state index in [1.54, 1.807) is 0 Å². The summed E-state index contributed by atoms with van der Waals surface area (Å²) >= 11 is 0. The van der Waals surface area contributed by atoms with Crippen LogP contribution >= 0.6 is 0 Å². The number of rotatable bonds is 3. The molecule has 1 aromatic carbocycles. The number of amides is 1. The van der Waals surface area contributed by atoms with E-state index >= 15 is 0 Å². The van der Waals surface area contributed by atoms with Crippen LogP contribution in [0.1, 0.15) is 15.9 Å². The van der Waals surface area contributed by atoms with Crippen molar-refractivity contribution in [3.8, 4) is 5.75 Å². The molecule has 1 amide bonds. The number of aromatic nitrogens is 2. The summed E-state index contributed by atoms with van der Waals surface area (Å²) in [5.74, 6) is -2.03. The number of amidine groups is 1. The molecular formula is C12H12FN5O3. The molecule has 0 aliphatic rings. The third-order valence-electron chi connectivity index (χ3n) is 2.75. The second-order valence-electron chi connectivity index (χ2n) is 4.13. The number of phenols is 1. The number of benzene rings is 1. The topological polar surface area (TPSA) is 126 Å². The number of carbonyl (C=O) groups is 1. The van der Waals surface area contributed by atoms with Gasteiger partial charge in [-0.2, -0.15) is 5.10 Å². The van der Waals surface area contributed by atoms with E-state index in [1.165, 1.54) is 24.0 Å². The lowest BCUT2D eigenvalue weighted by molar-refractivity contribution is 0.102. The number of hydrogen-bond acceptors (Lipinski definition) is 5. The maximum absolute atomic E-state index is 13.6. The summed E-state index contributed by atoms with van der Waals surface area (Å²) in [4.78, 5) is 12.0. The number of halogens is 1. The SMILES string of the molecule is Cn1ncc(/C(N)=N/O)c1NC(=O)c1ccc(O)cc1F. The summed E-state index contributed by atoms with van der Waals surface area (Å²) in [6.07, 6.45) is 1.29. The number of nitrogens with one attached hydrogen (secondary N) is 1. The second-order valence-corrected chi connectivity index (χ2v) is 4.13. The molecule has 0 saturated carbocycles. The van der Waals surface area contributed by atoms with Gasteiger partial charge < -0.3 is 21.4 Å². The second kappa shape index (κ2) is 5.49. The number of phenolic OH excluding ortho intramolecular Hbond substituents is 1. The maximum Gasteiger partial charge on any atom is 0.259 e. The zero-order valence-electron chi connectivity index (χ0n) is 10.9. The Kier molecular flexibility index (Phi) is 3.74. The van der Waals surface area contributed by atoms with Crippen LogP contribution in [-0.2, 0) is 7.05 Å². The van der Waals surface area contributed by atoms with E-state index < -0.39 is 11.7 Å². The molecule has 5 N–H and O–H groups in total. The van der Waals surface area contributed by atoms with E-state index in [2.05, 4.69) is 15.6 Å². The minimum absolute atomic E-state index is 0.141. The fourth-order valence-electron chi connectivity index (χ4n) is 1.69. The minimum Gasteiger partial charge on any atom is -0.508 e. The monoisotopic (exact) mass is 293 g/mol. The molecule has 0 aliphatic heterocycles. The van der Waals surface area contributed by atoms with Crippen LogP contribution in [0.5, 0.6) is 5.75 Å². The molecular weight excluding hydrogens is 281 g/mol. The Balaban J connectivity index is 2.34. The number of anilines is 1. The van der Waals surface area contributed by atoms with Crippen LogP contribution in [0.3, 0.4) is 0 Å². The Bertz CT molecular complexity index is 726. The summed E-state index contributed by atoms with van der Waals surface area (Å²) < 4.78 is 14.9. The average Bonchev–Trinajstić information content (AvgIpc) is 2.79. The summed E-state index contributed by atoms with van der Waals surface area (Å²) in [5, 5.41) is 26.9. The smallest absolute Gasteiger partial charge is 0.259 e. The Morgan fingerprint density at radius 1 is 1.48 bits per heavy atom. The van der Waals surface area contributed by atoms with Crippen LogP contribution in [0.25, 0.3) is 0 Å². The normalized spacial score (nSPS) is 11.4. The van der Waals surface area contributed by atoms with Gasteiger partial charge in [-0.25, -0.2) is 4.39 Å². The molecule has 2 aromatic rings. The van der Waals surface area contributed by atoms with E-state index in [0.717, 1.165) is 12.1 Å². The fraction of sp³-hybridized carbons (Fsp3) is 0.0833. The summed E-state index contributed by atoms with van der Waals surface area (Å²) in [7, 11) is 1.52. The Morgan fingerprint density at radius 2 is 2.19 bits per heavy atom. The van der Waals surface area contributed by atoms with Crippen molar-refractivity contribution in [2.45, 2.75) is 0 Å². The van der Waals surface area contributed by atoms with Gasteiger partial charge in [-0.3, -0.25) is 9.48 Å². The maximum atomic E-state index is 13.6. The molecule has 0 spiro atoms. The van der Waals surface area contributed by atoms with E-state index in [1.807, 2.05) is 0 Å². The van der Waals surface area contributed by atoms with E-state index in [0.29, 0.717) is 0 Å². The molecule has 0 radical (unpaired) electrons. The molecule has 0 aliphatic carbocycles. The van der Waals surface area contributed by atoms with Crippen LogP contribution in [0, 0.1) is 5.82 Å². The number of oxime groups is 1. The molecule has 0 saturated heterocycles. The molecule has 0 unspecified atom stereocenters. The van der Waals surface area contributed by atoms with Gasteiger partial charge in [0.05, 0.1) is 17.3 Å². The van der Waals surface area contributed by atoms with Crippen molar-refractivity contribution in [1.82, 2.24) is 9.78 Å². The van der Waals surface area contributed by atoms with E-state index in [9.17, 15) is 9.18 Å². The van der Waals surface area contributed by atoms with E-state index in [-0.39, 0.29) is 28.5 Å². The third-order valence-corrected chi connectivity index (χ3v) is 2.75. The Hall–Kier alpha value is -3.10. The van der Waals surface area contributed by atoms with Gasteiger partial charge in [-0.15, -0.1) is 0 Å². The van der Waals surface area contributed by atoms with Crippen LogP contribution < -0.4 is 11.1 Å². The summed E-state index contributed by atoms with van der Waals surface area (Å²) in [6, 6.07) is 3.15. The van der Waals surface area contributed by atoms with Crippen LogP contribution in [0.4, 0.5) is 10.2 Å². The van der Waals surface area contributed by atoms with Crippen LogP contribution in [0.2, 0.25) is 0 Å². The van der Waals surface area contributed by atoms with Gasteiger partial charge in [0.25, 0.3) is 5.91 Å². The van der Waals surface area contributed by atoms with Crippen molar-refractivity contribution in [2.75, 3.05) is 5.32 Å². The fourth-order valence-corrected chi connectivity index (χ4v) is 1.69. The first-order valence-electron chi connectivity index (χ1n) is 5.73. The molecule has 2 rings (SSSR count). The van der Waals surface area contributed by atoms with Gasteiger partial charge in [-0.05, 0) is 12.1 Å². The number of aromatic hydroxyl groups is 1. The van der Waals surface area contributed by atoms with Crippen LogP contribution in [0.15, 0.2) is 29.6 Å². The van der Waals surface area contributed by atoms with Gasteiger partial charge in [0.15, 0.2) is 5.84 Å². The highest BCUT2D eigenvalue weighted by Gasteiger charge is 2.18. The molecule has 0 bridgehead atoms. The molecule has 0 atom stereocenters. The van der Waals surface area contributed by atoms with Crippen molar-refractivity contribution in [3.05, 3.63) is 41.3 Å². The highest BCUT2D eigenvalue weighted by atomic mass is 19.1. The van der Waals surface area contributed by atoms with Crippen molar-refractivity contribution >= 4 is 17.6 Å². The van der Waals surface area contributed by atoms with Crippen molar-refractivity contribution in [1.29, 1.82) is 0 Å². The largest absolute Gasteiger partial charge is 0.508 e. The van der Waals surface area contributed by atoms with Crippen molar-refractivity contribution in [3.63, 3.8) is 0 Å². The van der Waals surface area contributed by atoms with Gasteiger partial charge in [-0.1, -0.05) is 5.16 Å². The number of nitrogens with zero attached hydrogens (tertiary/aromatic N) is 3. The predicted molar refractivity (Wildman–Crippen MR) is 71.7 cm³/mol. The molecule has 0 fully saturated rings.